The van der Waals surface area contributed by atoms with Gasteiger partial charge in [0.1, 0.15) is 11.6 Å². The summed E-state index contributed by atoms with van der Waals surface area (Å²) in [5.41, 5.74) is 0.987. The highest BCUT2D eigenvalue weighted by atomic mass is 79.9. The number of nitriles is 1. The molecule has 1 fully saturated rings. The third-order valence-corrected chi connectivity index (χ3v) is 4.72. The van der Waals surface area contributed by atoms with E-state index in [1.165, 1.54) is 6.42 Å². The number of halogens is 1. The Labute approximate surface area is 134 Å². The lowest BCUT2D eigenvalue weighted by atomic mass is 9.86. The number of nitrogens with zero attached hydrogens (tertiary/aromatic N) is 1. The number of hydrogen-bond acceptors (Lipinski definition) is 2. The molecule has 0 aliphatic heterocycles. The van der Waals surface area contributed by atoms with E-state index in [9.17, 15) is 10.1 Å². The van der Waals surface area contributed by atoms with Crippen LogP contribution in [0.5, 0.6) is 0 Å². The molecule has 3 nitrogen and oxygen atoms in total. The van der Waals surface area contributed by atoms with Gasteiger partial charge in [0.25, 0.3) is 5.91 Å². The molecule has 1 N–H and O–H groups in total. The number of carbonyl (C=O) groups is 1. The van der Waals surface area contributed by atoms with Gasteiger partial charge < -0.3 is 5.32 Å². The lowest BCUT2D eigenvalue weighted by Gasteiger charge is -2.29. The van der Waals surface area contributed by atoms with Crippen molar-refractivity contribution in [3.8, 4) is 6.07 Å². The molecule has 0 aromatic heterocycles. The molecule has 110 valence electrons. The van der Waals surface area contributed by atoms with Crippen LogP contribution in [0.1, 0.15) is 38.2 Å². The van der Waals surface area contributed by atoms with Crippen molar-refractivity contribution in [2.75, 3.05) is 0 Å². The molecule has 1 saturated carbocycles. The second kappa shape index (κ2) is 7.42. The van der Waals surface area contributed by atoms with Crippen molar-refractivity contribution in [3.05, 3.63) is 39.9 Å². The highest BCUT2D eigenvalue weighted by molar-refractivity contribution is 9.10. The van der Waals surface area contributed by atoms with E-state index in [2.05, 4.69) is 28.2 Å². The molecule has 0 radical (unpaired) electrons. The Morgan fingerprint density at radius 2 is 2.10 bits per heavy atom. The van der Waals surface area contributed by atoms with E-state index in [4.69, 9.17) is 0 Å². The van der Waals surface area contributed by atoms with Gasteiger partial charge in [-0.2, -0.15) is 5.26 Å². The van der Waals surface area contributed by atoms with Crippen LogP contribution in [0, 0.1) is 17.2 Å². The van der Waals surface area contributed by atoms with Gasteiger partial charge in [0.15, 0.2) is 0 Å². The minimum absolute atomic E-state index is 0.152. The molecule has 21 heavy (non-hydrogen) atoms. The molecule has 2 rings (SSSR count). The molecule has 1 amide bonds. The van der Waals surface area contributed by atoms with Crippen molar-refractivity contribution >= 4 is 27.9 Å². The Morgan fingerprint density at radius 3 is 2.76 bits per heavy atom. The van der Waals surface area contributed by atoms with Gasteiger partial charge in [-0.05, 0) is 36.5 Å². The second-order valence-electron chi connectivity index (χ2n) is 5.53. The quantitative estimate of drug-likeness (QED) is 0.662. The van der Waals surface area contributed by atoms with Crippen molar-refractivity contribution in [2.45, 2.75) is 38.6 Å². The third-order valence-electron chi connectivity index (χ3n) is 4.00. The Balaban J connectivity index is 2.12. The Hall–Kier alpha value is -1.60. The second-order valence-corrected chi connectivity index (χ2v) is 6.39. The van der Waals surface area contributed by atoms with Crippen LogP contribution >= 0.6 is 15.9 Å². The van der Waals surface area contributed by atoms with Crippen LogP contribution in [0.3, 0.4) is 0 Å². The third kappa shape index (κ3) is 4.18. The van der Waals surface area contributed by atoms with E-state index < -0.39 is 0 Å². The van der Waals surface area contributed by atoms with Crippen molar-refractivity contribution in [1.82, 2.24) is 5.32 Å². The maximum Gasteiger partial charge on any atom is 0.262 e. The first-order chi connectivity index (χ1) is 10.1. The normalized spacial score (nSPS) is 22.4. The zero-order valence-electron chi connectivity index (χ0n) is 12.1. The summed E-state index contributed by atoms with van der Waals surface area (Å²) in [6, 6.07) is 9.74. The summed E-state index contributed by atoms with van der Waals surface area (Å²) in [6.45, 7) is 2.16. The van der Waals surface area contributed by atoms with Crippen LogP contribution in [0.4, 0.5) is 0 Å². The average Bonchev–Trinajstić information content (AvgIpc) is 2.48. The Bertz CT molecular complexity index is 589. The standard InChI is InChI=1S/C17H19BrN2O/c1-12-6-2-5-9-16(12)20-17(21)14(11-19)10-13-7-3-4-8-15(13)18/h3-4,7-8,10,12,16H,2,5-6,9H2,1H3,(H,20,21)/b14-10+/t12-,16-/m0/s1. The smallest absolute Gasteiger partial charge is 0.262 e. The topological polar surface area (TPSA) is 52.9 Å². The van der Waals surface area contributed by atoms with E-state index in [0.29, 0.717) is 5.92 Å². The zero-order chi connectivity index (χ0) is 15.2. The lowest BCUT2D eigenvalue weighted by Crippen LogP contribution is -2.41. The van der Waals surface area contributed by atoms with E-state index in [-0.39, 0.29) is 17.5 Å². The molecular weight excluding hydrogens is 328 g/mol. The summed E-state index contributed by atoms with van der Waals surface area (Å²) in [6.07, 6.45) is 6.14. The summed E-state index contributed by atoms with van der Waals surface area (Å²) in [5, 5.41) is 12.3. The highest BCUT2D eigenvalue weighted by Crippen LogP contribution is 2.24. The number of nitrogens with one attached hydrogen (secondary N) is 1. The molecule has 0 saturated heterocycles. The summed E-state index contributed by atoms with van der Waals surface area (Å²) in [5.74, 6) is 0.207. The molecule has 1 aromatic rings. The van der Waals surface area contributed by atoms with Gasteiger partial charge in [0.2, 0.25) is 0 Å². The first kappa shape index (κ1) is 15.8. The number of rotatable bonds is 3. The molecule has 0 bridgehead atoms. The summed E-state index contributed by atoms with van der Waals surface area (Å²) >= 11 is 3.43. The van der Waals surface area contributed by atoms with E-state index in [1.807, 2.05) is 30.3 Å². The maximum atomic E-state index is 12.3. The van der Waals surface area contributed by atoms with Crippen molar-refractivity contribution in [2.24, 2.45) is 5.92 Å². The van der Waals surface area contributed by atoms with Gasteiger partial charge in [-0.3, -0.25) is 4.79 Å². The summed E-state index contributed by atoms with van der Waals surface area (Å²) < 4.78 is 0.872. The minimum Gasteiger partial charge on any atom is -0.348 e. The fraction of sp³-hybridized carbons (Fsp3) is 0.412. The van der Waals surface area contributed by atoms with E-state index in [0.717, 1.165) is 29.3 Å². The van der Waals surface area contributed by atoms with E-state index >= 15 is 0 Å². The van der Waals surface area contributed by atoms with Gasteiger partial charge in [0.05, 0.1) is 0 Å². The molecule has 1 aliphatic rings. The van der Waals surface area contributed by atoms with Gasteiger partial charge in [0, 0.05) is 10.5 Å². The van der Waals surface area contributed by atoms with Crippen LogP contribution < -0.4 is 5.32 Å². The molecule has 1 aromatic carbocycles. The molecule has 1 aliphatic carbocycles. The lowest BCUT2D eigenvalue weighted by molar-refractivity contribution is -0.118. The van der Waals surface area contributed by atoms with Gasteiger partial charge >= 0.3 is 0 Å². The van der Waals surface area contributed by atoms with Gasteiger partial charge in [-0.25, -0.2) is 0 Å². The number of benzene rings is 1. The van der Waals surface area contributed by atoms with Crippen molar-refractivity contribution in [3.63, 3.8) is 0 Å². The minimum atomic E-state index is -0.271. The van der Waals surface area contributed by atoms with Crippen LogP contribution in [0.15, 0.2) is 34.3 Å². The zero-order valence-corrected chi connectivity index (χ0v) is 13.7. The Morgan fingerprint density at radius 1 is 1.38 bits per heavy atom. The molecule has 0 heterocycles. The van der Waals surface area contributed by atoms with Gasteiger partial charge in [-0.1, -0.05) is 53.9 Å². The first-order valence-electron chi connectivity index (χ1n) is 7.29. The number of hydrogen-bond donors (Lipinski definition) is 1. The van der Waals surface area contributed by atoms with Crippen LogP contribution in [-0.4, -0.2) is 11.9 Å². The predicted molar refractivity (Wildman–Crippen MR) is 87.3 cm³/mol. The maximum absolute atomic E-state index is 12.3. The van der Waals surface area contributed by atoms with Crippen LogP contribution in [-0.2, 0) is 4.79 Å². The number of amides is 1. The van der Waals surface area contributed by atoms with Crippen LogP contribution in [0.25, 0.3) is 6.08 Å². The number of carbonyl (C=O) groups excluding carboxylic acids is 1. The van der Waals surface area contributed by atoms with Gasteiger partial charge in [-0.15, -0.1) is 0 Å². The monoisotopic (exact) mass is 346 g/mol. The fourth-order valence-corrected chi connectivity index (χ4v) is 3.07. The molecular formula is C17H19BrN2O. The van der Waals surface area contributed by atoms with E-state index in [1.54, 1.807) is 6.08 Å². The first-order valence-corrected chi connectivity index (χ1v) is 8.08. The summed E-state index contributed by atoms with van der Waals surface area (Å²) in [7, 11) is 0. The molecule has 4 heteroatoms. The predicted octanol–water partition coefficient (Wildman–Crippen LogP) is 4.05. The average molecular weight is 347 g/mol. The fourth-order valence-electron chi connectivity index (χ4n) is 2.67. The SMILES string of the molecule is C[C@H]1CCCC[C@@H]1NC(=O)/C(C#N)=C/c1ccccc1Br. The van der Waals surface area contributed by atoms with Crippen molar-refractivity contribution in [1.29, 1.82) is 5.26 Å². The highest BCUT2D eigenvalue weighted by Gasteiger charge is 2.24. The molecule has 2 atom stereocenters. The largest absolute Gasteiger partial charge is 0.348 e. The van der Waals surface area contributed by atoms with Crippen LogP contribution in [0.2, 0.25) is 0 Å². The molecule has 0 unspecified atom stereocenters. The van der Waals surface area contributed by atoms with Crippen molar-refractivity contribution < 1.29 is 4.79 Å². The Kier molecular flexibility index (Phi) is 5.58. The summed E-state index contributed by atoms with van der Waals surface area (Å²) in [4.78, 5) is 12.3. The molecule has 0 spiro atoms.